The molecule has 0 unspecified atom stereocenters. The number of fused-ring (bicyclic) bond motifs is 1. The van der Waals surface area contributed by atoms with Gasteiger partial charge in [-0.15, -0.1) is 11.3 Å². The molecule has 6 N–H and O–H groups in total. The summed E-state index contributed by atoms with van der Waals surface area (Å²) in [6.07, 6.45) is 6.43. The maximum atomic E-state index is 13.4. The number of aromatic hydroxyl groups is 1. The Morgan fingerprint density at radius 1 is 0.871 bits per heavy atom. The van der Waals surface area contributed by atoms with E-state index in [1.54, 1.807) is 97.4 Å². The molecule has 0 saturated carbocycles. The van der Waals surface area contributed by atoms with Crippen LogP contribution in [0.1, 0.15) is 68.3 Å². The Balaban J connectivity index is 0.709. The van der Waals surface area contributed by atoms with Gasteiger partial charge in [0.1, 0.15) is 21.5 Å². The number of aromatic nitrogens is 2. The number of nitrogens with one attached hydrogen (secondary N) is 5. The molecule has 3 aromatic heterocycles. The summed E-state index contributed by atoms with van der Waals surface area (Å²) in [6, 6.07) is 31.2. The third-order valence-corrected chi connectivity index (χ3v) is 14.6. The second-order valence-electron chi connectivity index (χ2n) is 16.1. The number of anilines is 5. The van der Waals surface area contributed by atoms with E-state index < -0.39 is 15.9 Å². The van der Waals surface area contributed by atoms with E-state index in [1.165, 1.54) is 22.4 Å². The average Bonchev–Trinajstić information content (AvgIpc) is 4.11. The number of benzene rings is 4. The first-order valence-corrected chi connectivity index (χ1v) is 25.7. The minimum Gasteiger partial charge on any atom is -0.508 e. The number of unbranched alkanes of at least 4 members (excludes halogenated alkanes) is 4. The second-order valence-corrected chi connectivity index (χ2v) is 20.0. The van der Waals surface area contributed by atoms with Gasteiger partial charge in [0.25, 0.3) is 15.9 Å². The Hall–Kier alpha value is -7.68. The molecule has 1 aliphatic rings. The molecule has 0 saturated heterocycles. The number of carbonyl (C=O) groups is 3. The molecule has 0 fully saturated rings. The molecule has 0 bridgehead atoms. The Labute approximate surface area is 412 Å². The fraction of sp³-hybridized carbons (Fsp3) is 0.220. The Bertz CT molecular complexity index is 3160. The number of hydrogen-bond donors (Lipinski definition) is 6. The number of hydrogen-bond acceptors (Lipinski definition) is 15. The van der Waals surface area contributed by atoms with Crippen LogP contribution < -0.4 is 35.8 Å². The Morgan fingerprint density at radius 2 is 1.69 bits per heavy atom. The smallest absolute Gasteiger partial charge is 0.301 e. The molecule has 3 amide bonds. The second kappa shape index (κ2) is 22.6. The van der Waals surface area contributed by atoms with Crippen molar-refractivity contribution in [3.8, 4) is 22.6 Å². The average molecular weight is 999 g/mol. The number of nitrogens with zero attached hydrogens (tertiary/aromatic N) is 5. The van der Waals surface area contributed by atoms with Crippen molar-refractivity contribution < 1.29 is 32.6 Å². The molecule has 7 aromatic rings. The van der Waals surface area contributed by atoms with Gasteiger partial charge >= 0.3 is 5.91 Å². The first kappa shape index (κ1) is 48.8. The van der Waals surface area contributed by atoms with Crippen LogP contribution in [0.15, 0.2) is 135 Å². The highest BCUT2D eigenvalue weighted by Gasteiger charge is 2.31. The highest BCUT2D eigenvalue weighted by atomic mass is 32.2. The molecule has 17 nitrogen and oxygen atoms in total. The number of para-hydroxylation sites is 2. The zero-order valence-electron chi connectivity index (χ0n) is 38.3. The van der Waals surface area contributed by atoms with Crippen LogP contribution in [0.4, 0.5) is 28.0 Å². The van der Waals surface area contributed by atoms with E-state index in [4.69, 9.17) is 4.74 Å². The van der Waals surface area contributed by atoms with Crippen molar-refractivity contribution in [2.75, 3.05) is 33.6 Å². The number of amides is 3. The number of thiazole rings is 1. The van der Waals surface area contributed by atoms with Gasteiger partial charge in [-0.2, -0.15) is 15.2 Å². The zero-order valence-corrected chi connectivity index (χ0v) is 40.7. The number of rotatable bonds is 22. The van der Waals surface area contributed by atoms with Crippen molar-refractivity contribution >= 4 is 100 Å². The first-order valence-electron chi connectivity index (χ1n) is 22.6. The molecule has 0 aliphatic carbocycles. The van der Waals surface area contributed by atoms with Crippen molar-refractivity contribution in [1.82, 2.24) is 20.6 Å². The molecule has 20 heteroatoms. The summed E-state index contributed by atoms with van der Waals surface area (Å²) in [5.74, 6) is 0.450. The van der Waals surface area contributed by atoms with E-state index in [9.17, 15) is 27.9 Å². The predicted octanol–water partition coefficient (Wildman–Crippen LogP) is 9.65. The minimum atomic E-state index is -3.66. The van der Waals surface area contributed by atoms with Gasteiger partial charge in [-0.1, -0.05) is 67.0 Å². The number of sulfonamides is 1. The lowest BCUT2D eigenvalue weighted by molar-refractivity contribution is -0.121. The third-order valence-electron chi connectivity index (χ3n) is 10.9. The van der Waals surface area contributed by atoms with Crippen LogP contribution in [0.2, 0.25) is 0 Å². The van der Waals surface area contributed by atoms with Crippen LogP contribution in [0.25, 0.3) is 21.3 Å². The monoisotopic (exact) mass is 998 g/mol. The van der Waals surface area contributed by atoms with Gasteiger partial charge in [-0.25, -0.2) is 18.4 Å². The van der Waals surface area contributed by atoms with Crippen LogP contribution in [-0.4, -0.2) is 65.8 Å². The molecular weight excluding hydrogens is 949 g/mol. The molecule has 360 valence electrons. The van der Waals surface area contributed by atoms with Crippen molar-refractivity contribution in [3.63, 3.8) is 0 Å². The lowest BCUT2D eigenvalue weighted by Crippen LogP contribution is -2.28. The highest BCUT2D eigenvalue weighted by Crippen LogP contribution is 2.34. The van der Waals surface area contributed by atoms with E-state index in [-0.39, 0.29) is 27.5 Å². The van der Waals surface area contributed by atoms with Gasteiger partial charge in [0.2, 0.25) is 5.91 Å². The largest absolute Gasteiger partial charge is 0.508 e. The number of hydrazone groups is 2. The molecule has 4 aromatic carbocycles. The first-order chi connectivity index (χ1) is 33.9. The summed E-state index contributed by atoms with van der Waals surface area (Å²) in [5.41, 5.74) is 8.30. The molecular formula is C50H50N10O7S3. The van der Waals surface area contributed by atoms with E-state index in [1.807, 2.05) is 31.2 Å². The zero-order chi connectivity index (χ0) is 49.0. The molecule has 0 spiro atoms. The molecule has 8 rings (SSSR count). The van der Waals surface area contributed by atoms with Crippen molar-refractivity contribution in [3.05, 3.63) is 132 Å². The summed E-state index contributed by atoms with van der Waals surface area (Å²) < 4.78 is 34.6. The van der Waals surface area contributed by atoms with Crippen molar-refractivity contribution in [2.24, 2.45) is 10.2 Å². The van der Waals surface area contributed by atoms with Crippen LogP contribution >= 0.6 is 22.7 Å². The lowest BCUT2D eigenvalue weighted by atomic mass is 10.0. The fourth-order valence-electron chi connectivity index (χ4n) is 7.37. The van der Waals surface area contributed by atoms with Crippen LogP contribution in [0.3, 0.4) is 0 Å². The third kappa shape index (κ3) is 12.5. The number of thiophene rings is 1. The minimum absolute atomic E-state index is 0.0313. The molecule has 1 aliphatic heterocycles. The van der Waals surface area contributed by atoms with E-state index in [2.05, 4.69) is 46.3 Å². The maximum Gasteiger partial charge on any atom is 0.301 e. The molecule has 70 heavy (non-hydrogen) atoms. The van der Waals surface area contributed by atoms with Crippen LogP contribution in [-0.2, 0) is 26.2 Å². The van der Waals surface area contributed by atoms with E-state index in [0.717, 1.165) is 64.8 Å². The number of phenolic OH excluding ortho intramolecular Hbond substituents is 1. The summed E-state index contributed by atoms with van der Waals surface area (Å²) in [6.45, 7) is 4.92. The van der Waals surface area contributed by atoms with Gasteiger partial charge in [0, 0.05) is 37.3 Å². The molecule has 4 heterocycles. The van der Waals surface area contributed by atoms with Gasteiger partial charge in [0.05, 0.1) is 39.6 Å². The standard InChI is InChI=1S/C50H50N10O7S3/c1-3-67-42-13-9-8-12-40(42)56-57-47-32(2)58-60(49(47)64)38-26-36(27-39(61)29-38)34-17-19-35(20-18-34)48(63)51-24-10-6-4-5-7-14-45(62)53-31-33-16-23-44(52-30-33)55-50-54-41-22-21-37(28-43(41)69-50)59-70(65,66)46-15-11-25-68-46/h8-9,11-13,15-23,25-30,56,59,61H,3-7,10,14,24,31H2,1-2H3,(H,51,63)(H,53,62)(H,52,54,55)/b57-47+. The van der Waals surface area contributed by atoms with E-state index in [0.29, 0.717) is 76.7 Å². The molecule has 0 radical (unpaired) electrons. The number of phenols is 1. The Kier molecular flexibility index (Phi) is 15.8. The van der Waals surface area contributed by atoms with Gasteiger partial charge in [0.15, 0.2) is 10.8 Å². The summed E-state index contributed by atoms with van der Waals surface area (Å²) in [4.78, 5) is 48.0. The fourth-order valence-corrected chi connectivity index (χ4v) is 10.3. The topological polar surface area (TPSA) is 229 Å². The van der Waals surface area contributed by atoms with Gasteiger partial charge in [-0.05, 0) is 115 Å². The highest BCUT2D eigenvalue weighted by molar-refractivity contribution is 7.94. The normalized spacial score (nSPS) is 13.1. The quantitative estimate of drug-likeness (QED) is 0.0277. The van der Waals surface area contributed by atoms with Crippen molar-refractivity contribution in [2.45, 2.75) is 63.1 Å². The molecule has 0 atom stereocenters. The number of ether oxygens (including phenoxy) is 1. The van der Waals surface area contributed by atoms with Gasteiger partial charge in [-0.3, -0.25) is 24.5 Å². The maximum absolute atomic E-state index is 13.4. The number of pyridine rings is 1. The van der Waals surface area contributed by atoms with Crippen LogP contribution in [0.5, 0.6) is 11.5 Å². The SMILES string of the molecule is CCOc1ccccc1N/N=C1/C(=O)N(c2cc(O)cc(-c3ccc(C(=O)NCCCCCCCC(=O)NCc4ccc(Nc5nc6ccc(NS(=O)(=O)c7cccs7)cc6s5)nc4)cc3)c2)N=C1C. The van der Waals surface area contributed by atoms with E-state index >= 15 is 0 Å². The van der Waals surface area contributed by atoms with Gasteiger partial charge < -0.3 is 25.8 Å². The van der Waals surface area contributed by atoms with Crippen LogP contribution in [0, 0.1) is 0 Å². The lowest BCUT2D eigenvalue weighted by Gasteiger charge is -2.14. The number of carbonyl (C=O) groups excluding carboxylic acids is 3. The summed E-state index contributed by atoms with van der Waals surface area (Å²) in [5, 5.41) is 32.0. The van der Waals surface area contributed by atoms with Crippen molar-refractivity contribution in [1.29, 1.82) is 0 Å². The summed E-state index contributed by atoms with van der Waals surface area (Å²) >= 11 is 2.53. The predicted molar refractivity (Wildman–Crippen MR) is 277 cm³/mol. The Morgan fingerprint density at radius 3 is 2.47 bits per heavy atom. The summed E-state index contributed by atoms with van der Waals surface area (Å²) in [7, 11) is -3.66.